The fourth-order valence-electron chi connectivity index (χ4n) is 6.67. The molecule has 5 heteroatoms. The number of rotatable bonds is 2. The quantitative estimate of drug-likeness (QED) is 0.486. The molecule has 5 atom stereocenters. The molecule has 1 aromatic carbocycles. The number of benzene rings is 1. The van der Waals surface area contributed by atoms with Gasteiger partial charge in [0.2, 0.25) is 0 Å². The summed E-state index contributed by atoms with van der Waals surface area (Å²) in [5, 5.41) is 36.4. The maximum atomic E-state index is 13.9. The van der Waals surface area contributed by atoms with Crippen LogP contribution in [0.2, 0.25) is 0 Å². The Hall–Kier alpha value is -1.56. The van der Waals surface area contributed by atoms with Crippen LogP contribution in [0.1, 0.15) is 43.2 Å². The SMILES string of the molecule is C=C1CC[C@@]2(O)[C@H]3Cc4ccc(O)c5c4[C@@]2(CC[N+]3([O-])CC2CC2)[C@H]1O5. The highest BCUT2D eigenvalue weighted by Gasteiger charge is 2.74. The van der Waals surface area contributed by atoms with Gasteiger partial charge in [0.15, 0.2) is 11.5 Å². The van der Waals surface area contributed by atoms with Crippen LogP contribution in [0.4, 0.5) is 0 Å². The van der Waals surface area contributed by atoms with Gasteiger partial charge in [0.25, 0.3) is 0 Å². The molecule has 1 saturated heterocycles. The van der Waals surface area contributed by atoms with Crippen LogP contribution >= 0.6 is 0 Å². The summed E-state index contributed by atoms with van der Waals surface area (Å²) < 4.78 is 5.96. The van der Waals surface area contributed by atoms with Crippen molar-refractivity contribution in [1.29, 1.82) is 0 Å². The lowest BCUT2D eigenvalue weighted by atomic mass is 9.48. The molecule has 3 aliphatic carbocycles. The Morgan fingerprint density at radius 1 is 1.31 bits per heavy atom. The minimum Gasteiger partial charge on any atom is -0.632 e. The van der Waals surface area contributed by atoms with Crippen LogP contribution in [-0.4, -0.2) is 45.7 Å². The van der Waals surface area contributed by atoms with E-state index in [-0.39, 0.29) is 22.5 Å². The Kier molecular flexibility index (Phi) is 2.66. The molecule has 6 rings (SSSR count). The smallest absolute Gasteiger partial charge is 0.166 e. The van der Waals surface area contributed by atoms with Crippen LogP contribution in [0.15, 0.2) is 24.3 Å². The van der Waals surface area contributed by atoms with Gasteiger partial charge in [0.1, 0.15) is 17.7 Å². The molecule has 0 amide bonds. The van der Waals surface area contributed by atoms with Crippen molar-refractivity contribution < 1.29 is 19.6 Å². The molecule has 0 radical (unpaired) electrons. The third-order valence-corrected chi connectivity index (χ3v) is 8.00. The first-order valence-corrected chi connectivity index (χ1v) is 9.89. The zero-order chi connectivity index (χ0) is 17.9. The molecule has 138 valence electrons. The molecule has 1 spiro atoms. The Labute approximate surface area is 153 Å². The summed E-state index contributed by atoms with van der Waals surface area (Å²) in [6.07, 6.45) is 4.37. The fourth-order valence-corrected chi connectivity index (χ4v) is 6.67. The number of hydrogen-bond donors (Lipinski definition) is 2. The van der Waals surface area contributed by atoms with Gasteiger partial charge in [-0.1, -0.05) is 12.6 Å². The predicted molar refractivity (Wildman–Crippen MR) is 95.7 cm³/mol. The van der Waals surface area contributed by atoms with Crippen LogP contribution in [-0.2, 0) is 11.8 Å². The first-order valence-electron chi connectivity index (χ1n) is 9.89. The number of hydrogen-bond acceptors (Lipinski definition) is 4. The van der Waals surface area contributed by atoms with E-state index in [2.05, 4.69) is 6.58 Å². The second-order valence-electron chi connectivity index (χ2n) is 9.27. The van der Waals surface area contributed by atoms with Crippen molar-refractivity contribution in [2.45, 2.75) is 61.7 Å². The van der Waals surface area contributed by atoms with Crippen molar-refractivity contribution in [2.75, 3.05) is 13.1 Å². The zero-order valence-corrected chi connectivity index (χ0v) is 14.9. The molecule has 1 unspecified atom stereocenters. The van der Waals surface area contributed by atoms with Crippen molar-refractivity contribution >= 4 is 0 Å². The van der Waals surface area contributed by atoms with E-state index in [0.717, 1.165) is 29.5 Å². The van der Waals surface area contributed by atoms with Gasteiger partial charge in [-0.2, -0.15) is 0 Å². The van der Waals surface area contributed by atoms with Gasteiger partial charge in [-0.25, -0.2) is 0 Å². The molecule has 2 heterocycles. The van der Waals surface area contributed by atoms with E-state index in [9.17, 15) is 15.4 Å². The van der Waals surface area contributed by atoms with E-state index in [1.165, 1.54) is 0 Å². The normalized spacial score (nSPS) is 45.2. The van der Waals surface area contributed by atoms with Crippen LogP contribution < -0.4 is 4.74 Å². The number of aliphatic hydroxyl groups is 1. The van der Waals surface area contributed by atoms with Crippen molar-refractivity contribution in [3.8, 4) is 11.5 Å². The number of phenols is 1. The average Bonchev–Trinajstić information content (AvgIpc) is 3.32. The van der Waals surface area contributed by atoms with E-state index in [4.69, 9.17) is 4.74 Å². The van der Waals surface area contributed by atoms with Crippen molar-refractivity contribution in [3.63, 3.8) is 0 Å². The summed E-state index contributed by atoms with van der Waals surface area (Å²) in [4.78, 5) is 0. The number of ether oxygens (including phenoxy) is 1. The number of likely N-dealkylation sites (tertiary alicyclic amines) is 1. The largest absolute Gasteiger partial charge is 0.632 e. The third kappa shape index (κ3) is 1.56. The molecule has 5 aliphatic rings. The maximum absolute atomic E-state index is 13.9. The molecule has 0 aromatic heterocycles. The number of quaternary nitrogens is 1. The lowest BCUT2D eigenvalue weighted by molar-refractivity contribution is -0.924. The highest BCUT2D eigenvalue weighted by atomic mass is 16.6. The summed E-state index contributed by atoms with van der Waals surface area (Å²) >= 11 is 0. The third-order valence-electron chi connectivity index (χ3n) is 8.00. The van der Waals surface area contributed by atoms with Gasteiger partial charge in [-0.3, -0.25) is 0 Å². The minimum absolute atomic E-state index is 0.132. The standard InChI is InChI=1S/C21H25NO4/c1-12-6-7-21(24)16-10-14-4-5-15(23)18-17(14)20(21,19(12)26-18)8-9-22(16,25)11-13-2-3-13/h4-5,13,16,19,23-24H,1-3,6-11H2/t16-,19+,20+,21-,22?/m1/s1. The van der Waals surface area contributed by atoms with Gasteiger partial charge in [-0.15, -0.1) is 0 Å². The minimum atomic E-state index is -1.08. The second kappa shape index (κ2) is 4.46. The molecular weight excluding hydrogens is 330 g/mol. The fraction of sp³-hybridized carbons (Fsp3) is 0.619. The lowest BCUT2D eigenvalue weighted by Gasteiger charge is -2.67. The number of hydroxylamine groups is 3. The molecule has 2 saturated carbocycles. The lowest BCUT2D eigenvalue weighted by Crippen LogP contribution is -2.79. The predicted octanol–water partition coefficient (Wildman–Crippen LogP) is 2.53. The molecule has 5 nitrogen and oxygen atoms in total. The Morgan fingerprint density at radius 2 is 2.12 bits per heavy atom. The number of nitrogens with zero attached hydrogens (tertiary/aromatic N) is 1. The first kappa shape index (κ1) is 15.5. The van der Waals surface area contributed by atoms with Crippen LogP contribution in [0.5, 0.6) is 11.5 Å². The highest BCUT2D eigenvalue weighted by molar-refractivity contribution is 5.63. The topological polar surface area (TPSA) is 72.8 Å². The average molecular weight is 355 g/mol. The Bertz CT molecular complexity index is 849. The monoisotopic (exact) mass is 355 g/mol. The van der Waals surface area contributed by atoms with Gasteiger partial charge < -0.3 is 24.8 Å². The van der Waals surface area contributed by atoms with Crippen LogP contribution in [0.3, 0.4) is 0 Å². The van der Waals surface area contributed by atoms with E-state index in [1.807, 2.05) is 6.07 Å². The molecule has 26 heavy (non-hydrogen) atoms. The van der Waals surface area contributed by atoms with E-state index >= 15 is 0 Å². The van der Waals surface area contributed by atoms with Gasteiger partial charge >= 0.3 is 0 Å². The van der Waals surface area contributed by atoms with Crippen LogP contribution in [0, 0.1) is 11.1 Å². The summed E-state index contributed by atoms with van der Waals surface area (Å²) in [6.45, 7) is 5.38. The first-order chi connectivity index (χ1) is 12.4. The van der Waals surface area contributed by atoms with Gasteiger partial charge in [0.05, 0.1) is 18.5 Å². The van der Waals surface area contributed by atoms with Gasteiger partial charge in [0, 0.05) is 24.3 Å². The summed E-state index contributed by atoms with van der Waals surface area (Å²) in [7, 11) is 0. The van der Waals surface area contributed by atoms with Crippen molar-refractivity contribution in [2.24, 2.45) is 5.92 Å². The second-order valence-corrected chi connectivity index (χ2v) is 9.27. The molecule has 2 aliphatic heterocycles. The Morgan fingerprint density at radius 3 is 2.88 bits per heavy atom. The molecule has 2 N–H and O–H groups in total. The van der Waals surface area contributed by atoms with E-state index in [1.54, 1.807) is 6.07 Å². The van der Waals surface area contributed by atoms with Gasteiger partial charge in [-0.05, 0) is 42.9 Å². The molecule has 2 bridgehead atoms. The molecule has 1 aromatic rings. The van der Waals surface area contributed by atoms with Crippen molar-refractivity contribution in [3.05, 3.63) is 40.6 Å². The van der Waals surface area contributed by atoms with Crippen molar-refractivity contribution in [1.82, 2.24) is 0 Å². The molecular formula is C21H25NO4. The number of aromatic hydroxyl groups is 1. The molecule has 3 fully saturated rings. The number of piperidine rings is 1. The number of phenolic OH excluding ortho intramolecular Hbond substituents is 1. The Balaban J connectivity index is 1.60. The van der Waals surface area contributed by atoms with E-state index < -0.39 is 11.0 Å². The highest BCUT2D eigenvalue weighted by Crippen LogP contribution is 2.67. The summed E-state index contributed by atoms with van der Waals surface area (Å²) in [5.74, 6) is 1.17. The zero-order valence-electron chi connectivity index (χ0n) is 14.9. The van der Waals surface area contributed by atoms with Crippen LogP contribution in [0.25, 0.3) is 0 Å². The summed E-state index contributed by atoms with van der Waals surface area (Å²) in [6, 6.07) is 3.25. The maximum Gasteiger partial charge on any atom is 0.166 e. The summed E-state index contributed by atoms with van der Waals surface area (Å²) in [5.41, 5.74) is 1.30. The van der Waals surface area contributed by atoms with E-state index in [0.29, 0.717) is 50.4 Å².